The van der Waals surface area contributed by atoms with Gasteiger partial charge in [-0.15, -0.1) is 0 Å². The molecule has 0 spiro atoms. The highest BCUT2D eigenvalue weighted by Crippen LogP contribution is 2.22. The van der Waals surface area contributed by atoms with Gasteiger partial charge in [0.25, 0.3) is 0 Å². The lowest BCUT2D eigenvalue weighted by Crippen LogP contribution is -2.11. The van der Waals surface area contributed by atoms with Crippen molar-refractivity contribution in [3.05, 3.63) is 23.8 Å². The minimum atomic E-state index is -0.465. The molecular formula is C15H23NO4. The summed E-state index contributed by atoms with van der Waals surface area (Å²) < 4.78 is 15.7. The second kappa shape index (κ2) is 8.43. The minimum Gasteiger partial charge on any atom is -0.490 e. The first-order valence-electron chi connectivity index (χ1n) is 6.73. The number of carbonyl (C=O) groups is 1. The van der Waals surface area contributed by atoms with E-state index in [1.54, 1.807) is 18.2 Å². The van der Waals surface area contributed by atoms with E-state index in [4.69, 9.17) is 19.9 Å². The largest absolute Gasteiger partial charge is 0.490 e. The zero-order valence-electron chi connectivity index (χ0n) is 12.3. The molecule has 1 aromatic rings. The first-order chi connectivity index (χ1) is 9.54. The van der Waals surface area contributed by atoms with E-state index >= 15 is 0 Å². The molecule has 0 fully saturated rings. The number of carbonyl (C=O) groups excluding carboxylic acids is 1. The number of esters is 1. The Kier molecular flexibility index (Phi) is 6.87. The van der Waals surface area contributed by atoms with Gasteiger partial charge >= 0.3 is 5.97 Å². The summed E-state index contributed by atoms with van der Waals surface area (Å²) in [5, 5.41) is 0. The van der Waals surface area contributed by atoms with Gasteiger partial charge in [0.1, 0.15) is 17.9 Å². The molecule has 1 rings (SSSR count). The molecule has 0 saturated carbocycles. The molecule has 1 aromatic carbocycles. The summed E-state index contributed by atoms with van der Waals surface area (Å²) in [6.45, 7) is 5.88. The normalized spacial score (nSPS) is 10.6. The Morgan fingerprint density at radius 3 is 2.65 bits per heavy atom. The zero-order valence-corrected chi connectivity index (χ0v) is 12.3. The van der Waals surface area contributed by atoms with Crippen molar-refractivity contribution in [2.24, 2.45) is 5.92 Å². The lowest BCUT2D eigenvalue weighted by molar-refractivity contribution is 0.0590. The average Bonchev–Trinajstić information content (AvgIpc) is 2.42. The van der Waals surface area contributed by atoms with Gasteiger partial charge in [-0.3, -0.25) is 0 Å². The van der Waals surface area contributed by atoms with E-state index in [0.717, 1.165) is 6.42 Å². The number of rotatable bonds is 8. The number of benzene rings is 1. The van der Waals surface area contributed by atoms with Crippen molar-refractivity contribution < 1.29 is 19.0 Å². The van der Waals surface area contributed by atoms with Crippen molar-refractivity contribution in [2.75, 3.05) is 32.7 Å². The molecule has 0 aromatic heterocycles. The van der Waals surface area contributed by atoms with E-state index in [1.807, 2.05) is 0 Å². The monoisotopic (exact) mass is 281 g/mol. The highest BCUT2D eigenvalue weighted by atomic mass is 16.5. The summed E-state index contributed by atoms with van der Waals surface area (Å²) in [5.74, 6) is 0.616. The topological polar surface area (TPSA) is 70.8 Å². The quantitative estimate of drug-likeness (QED) is 0.450. The van der Waals surface area contributed by atoms with Crippen LogP contribution in [0, 0.1) is 5.92 Å². The number of hydrogen-bond donors (Lipinski definition) is 1. The van der Waals surface area contributed by atoms with Crippen LogP contribution in [-0.2, 0) is 9.47 Å². The van der Waals surface area contributed by atoms with Crippen molar-refractivity contribution in [1.82, 2.24) is 0 Å². The SMILES string of the molecule is COC(=O)c1cc(N)ccc1OCCOCCC(C)C. The summed E-state index contributed by atoms with van der Waals surface area (Å²) in [5.41, 5.74) is 6.47. The summed E-state index contributed by atoms with van der Waals surface area (Å²) >= 11 is 0. The van der Waals surface area contributed by atoms with Crippen molar-refractivity contribution in [2.45, 2.75) is 20.3 Å². The average molecular weight is 281 g/mol. The highest BCUT2D eigenvalue weighted by Gasteiger charge is 2.13. The number of nitrogens with two attached hydrogens (primary N) is 1. The second-order valence-electron chi connectivity index (χ2n) is 4.89. The van der Waals surface area contributed by atoms with E-state index in [9.17, 15) is 4.79 Å². The molecule has 5 nitrogen and oxygen atoms in total. The molecule has 0 amide bonds. The first-order valence-corrected chi connectivity index (χ1v) is 6.73. The Labute approximate surface area is 120 Å². The fourth-order valence-corrected chi connectivity index (χ4v) is 1.57. The maximum Gasteiger partial charge on any atom is 0.341 e. The third-order valence-electron chi connectivity index (χ3n) is 2.73. The van der Waals surface area contributed by atoms with Crippen molar-refractivity contribution in [1.29, 1.82) is 0 Å². The molecule has 0 aliphatic carbocycles. The van der Waals surface area contributed by atoms with E-state index in [1.165, 1.54) is 7.11 Å². The van der Waals surface area contributed by atoms with Gasteiger partial charge < -0.3 is 19.9 Å². The summed E-state index contributed by atoms with van der Waals surface area (Å²) in [7, 11) is 1.32. The molecule has 0 radical (unpaired) electrons. The van der Waals surface area contributed by atoms with Crippen LogP contribution in [0.15, 0.2) is 18.2 Å². The van der Waals surface area contributed by atoms with Crippen molar-refractivity contribution in [3.8, 4) is 5.75 Å². The Hall–Kier alpha value is -1.75. The molecule has 0 unspecified atom stereocenters. The summed E-state index contributed by atoms with van der Waals surface area (Å²) in [6, 6.07) is 4.89. The predicted molar refractivity (Wildman–Crippen MR) is 78.0 cm³/mol. The summed E-state index contributed by atoms with van der Waals surface area (Å²) in [4.78, 5) is 11.6. The molecule has 0 aliphatic heterocycles. The standard InChI is InChI=1S/C15H23NO4/c1-11(2)6-7-19-8-9-20-14-5-4-12(16)10-13(14)15(17)18-3/h4-5,10-11H,6-9,16H2,1-3H3. The zero-order chi connectivity index (χ0) is 15.0. The van der Waals surface area contributed by atoms with Crippen LogP contribution in [-0.4, -0.2) is 32.9 Å². The number of anilines is 1. The van der Waals surface area contributed by atoms with Crippen LogP contribution in [0.1, 0.15) is 30.6 Å². The fraction of sp³-hybridized carbons (Fsp3) is 0.533. The Morgan fingerprint density at radius 2 is 2.00 bits per heavy atom. The van der Waals surface area contributed by atoms with Gasteiger partial charge in [0, 0.05) is 12.3 Å². The Morgan fingerprint density at radius 1 is 1.25 bits per heavy atom. The fourth-order valence-electron chi connectivity index (χ4n) is 1.57. The lowest BCUT2D eigenvalue weighted by Gasteiger charge is -2.11. The smallest absolute Gasteiger partial charge is 0.341 e. The van der Waals surface area contributed by atoms with Crippen LogP contribution in [0.25, 0.3) is 0 Å². The van der Waals surface area contributed by atoms with Crippen LogP contribution in [0.4, 0.5) is 5.69 Å². The van der Waals surface area contributed by atoms with Gasteiger partial charge in [-0.2, -0.15) is 0 Å². The molecule has 0 saturated heterocycles. The van der Waals surface area contributed by atoms with Crippen molar-refractivity contribution >= 4 is 11.7 Å². The van der Waals surface area contributed by atoms with E-state index in [0.29, 0.717) is 42.7 Å². The van der Waals surface area contributed by atoms with Crippen LogP contribution in [0.3, 0.4) is 0 Å². The molecule has 0 heterocycles. The molecule has 2 N–H and O–H groups in total. The molecule has 5 heteroatoms. The maximum atomic E-state index is 11.6. The second-order valence-corrected chi connectivity index (χ2v) is 4.89. The number of ether oxygens (including phenoxy) is 3. The lowest BCUT2D eigenvalue weighted by atomic mass is 10.1. The van der Waals surface area contributed by atoms with E-state index in [-0.39, 0.29) is 0 Å². The molecule has 112 valence electrons. The predicted octanol–water partition coefficient (Wildman–Crippen LogP) is 2.50. The van der Waals surface area contributed by atoms with Gasteiger partial charge in [0.05, 0.1) is 13.7 Å². The molecule has 0 atom stereocenters. The van der Waals surface area contributed by atoms with E-state index < -0.39 is 5.97 Å². The molecule has 0 aliphatic rings. The van der Waals surface area contributed by atoms with Gasteiger partial charge in [-0.1, -0.05) is 13.8 Å². The van der Waals surface area contributed by atoms with Gasteiger partial charge in [-0.05, 0) is 30.5 Å². The maximum absolute atomic E-state index is 11.6. The van der Waals surface area contributed by atoms with Crippen LogP contribution < -0.4 is 10.5 Å². The molecule has 0 bridgehead atoms. The Balaban J connectivity index is 2.45. The van der Waals surface area contributed by atoms with Gasteiger partial charge in [-0.25, -0.2) is 4.79 Å². The van der Waals surface area contributed by atoms with Crippen LogP contribution >= 0.6 is 0 Å². The Bertz CT molecular complexity index is 432. The van der Waals surface area contributed by atoms with Crippen LogP contribution in [0.5, 0.6) is 5.75 Å². The third-order valence-corrected chi connectivity index (χ3v) is 2.73. The number of nitrogen functional groups attached to an aromatic ring is 1. The highest BCUT2D eigenvalue weighted by molar-refractivity contribution is 5.93. The third kappa shape index (κ3) is 5.48. The number of methoxy groups -OCH3 is 1. The van der Waals surface area contributed by atoms with Gasteiger partial charge in [0.2, 0.25) is 0 Å². The minimum absolute atomic E-state index is 0.328. The van der Waals surface area contributed by atoms with Crippen molar-refractivity contribution in [3.63, 3.8) is 0 Å². The molecule has 20 heavy (non-hydrogen) atoms. The number of hydrogen-bond acceptors (Lipinski definition) is 5. The molecular weight excluding hydrogens is 258 g/mol. The van der Waals surface area contributed by atoms with Crippen LogP contribution in [0.2, 0.25) is 0 Å². The van der Waals surface area contributed by atoms with Gasteiger partial charge in [0.15, 0.2) is 0 Å². The van der Waals surface area contributed by atoms with E-state index in [2.05, 4.69) is 13.8 Å². The summed E-state index contributed by atoms with van der Waals surface area (Å²) in [6.07, 6.45) is 1.02. The first kappa shape index (κ1) is 16.3.